The summed E-state index contributed by atoms with van der Waals surface area (Å²) < 4.78 is 6.42. The Balaban J connectivity index is 1.53. The van der Waals surface area contributed by atoms with Crippen molar-refractivity contribution < 1.29 is 9.53 Å². The number of para-hydroxylation sites is 1. The van der Waals surface area contributed by atoms with Gasteiger partial charge in [0.25, 0.3) is 0 Å². The van der Waals surface area contributed by atoms with Crippen LogP contribution in [0.25, 0.3) is 10.9 Å². The number of nitriles is 1. The van der Waals surface area contributed by atoms with Gasteiger partial charge in [-0.3, -0.25) is 0 Å². The van der Waals surface area contributed by atoms with E-state index < -0.39 is 5.60 Å². The second-order valence-corrected chi connectivity index (χ2v) is 9.84. The standard InChI is InChI=1S/C21H23IN4O2/c1-20(2,3)28-19(27)26-12-21(13-26)8-9-25(11-21)18-15(10-23)17(22)14-6-4-5-7-16(14)24-18/h4-7H,8-9,11-13H2,1-3H3. The molecule has 2 aromatic rings. The first-order valence-corrected chi connectivity index (χ1v) is 10.5. The minimum atomic E-state index is -0.477. The van der Waals surface area contributed by atoms with Crippen LogP contribution >= 0.6 is 22.6 Å². The molecule has 3 heterocycles. The normalized spacial score (nSPS) is 18.2. The molecular formula is C21H23IN4O2. The average molecular weight is 490 g/mol. The third-order valence-corrected chi connectivity index (χ3v) is 6.48. The van der Waals surface area contributed by atoms with E-state index in [2.05, 4.69) is 33.6 Å². The van der Waals surface area contributed by atoms with Crippen molar-refractivity contribution in [3.05, 3.63) is 33.4 Å². The molecule has 0 aliphatic carbocycles. The van der Waals surface area contributed by atoms with Crippen molar-refractivity contribution in [2.45, 2.75) is 32.8 Å². The molecule has 0 radical (unpaired) electrons. The zero-order valence-electron chi connectivity index (χ0n) is 16.3. The second-order valence-electron chi connectivity index (χ2n) is 8.76. The minimum Gasteiger partial charge on any atom is -0.444 e. The zero-order valence-corrected chi connectivity index (χ0v) is 18.5. The number of halogens is 1. The maximum absolute atomic E-state index is 12.3. The van der Waals surface area contributed by atoms with Crippen LogP contribution in [0.3, 0.4) is 0 Å². The van der Waals surface area contributed by atoms with E-state index in [9.17, 15) is 10.1 Å². The molecule has 0 unspecified atom stereocenters. The molecular weight excluding hydrogens is 467 g/mol. The van der Waals surface area contributed by atoms with Crippen molar-refractivity contribution >= 4 is 45.4 Å². The van der Waals surface area contributed by atoms with Gasteiger partial charge in [-0.05, 0) is 55.8 Å². The number of pyridine rings is 1. The Morgan fingerprint density at radius 3 is 2.68 bits per heavy atom. The number of fused-ring (bicyclic) bond motifs is 1. The summed E-state index contributed by atoms with van der Waals surface area (Å²) >= 11 is 2.25. The Morgan fingerprint density at radius 2 is 2.00 bits per heavy atom. The molecule has 4 rings (SSSR count). The summed E-state index contributed by atoms with van der Waals surface area (Å²) in [5, 5.41) is 10.8. The predicted molar refractivity (Wildman–Crippen MR) is 116 cm³/mol. The van der Waals surface area contributed by atoms with E-state index in [4.69, 9.17) is 9.72 Å². The number of ether oxygens (including phenoxy) is 1. The van der Waals surface area contributed by atoms with E-state index in [0.717, 1.165) is 39.8 Å². The Bertz CT molecular complexity index is 986. The van der Waals surface area contributed by atoms with E-state index in [1.165, 1.54) is 0 Å². The van der Waals surface area contributed by atoms with Crippen LogP contribution in [0.2, 0.25) is 0 Å². The number of rotatable bonds is 1. The number of hydrogen-bond acceptors (Lipinski definition) is 5. The van der Waals surface area contributed by atoms with Gasteiger partial charge in [0, 0.05) is 40.6 Å². The van der Waals surface area contributed by atoms with Gasteiger partial charge in [0.15, 0.2) is 0 Å². The Kier molecular flexibility index (Phi) is 4.65. The molecule has 1 aromatic heterocycles. The van der Waals surface area contributed by atoms with E-state index in [1.807, 2.05) is 45.0 Å². The molecule has 0 N–H and O–H groups in total. The number of amides is 1. The van der Waals surface area contributed by atoms with Gasteiger partial charge in [0.1, 0.15) is 23.1 Å². The van der Waals surface area contributed by atoms with Crippen LogP contribution in [0.5, 0.6) is 0 Å². The summed E-state index contributed by atoms with van der Waals surface area (Å²) in [6, 6.07) is 10.3. The number of carbonyl (C=O) groups is 1. The Morgan fingerprint density at radius 1 is 1.29 bits per heavy atom. The van der Waals surface area contributed by atoms with Crippen LogP contribution < -0.4 is 4.90 Å². The maximum atomic E-state index is 12.3. The van der Waals surface area contributed by atoms with Crippen molar-refractivity contribution in [3.63, 3.8) is 0 Å². The Labute approximate surface area is 178 Å². The molecule has 2 saturated heterocycles. The monoisotopic (exact) mass is 490 g/mol. The first-order valence-electron chi connectivity index (χ1n) is 9.43. The van der Waals surface area contributed by atoms with Gasteiger partial charge < -0.3 is 14.5 Å². The maximum Gasteiger partial charge on any atom is 0.410 e. The van der Waals surface area contributed by atoms with Gasteiger partial charge in [-0.25, -0.2) is 9.78 Å². The third-order valence-electron chi connectivity index (χ3n) is 5.36. The molecule has 1 amide bonds. The van der Waals surface area contributed by atoms with Crippen molar-refractivity contribution in [2.75, 3.05) is 31.1 Å². The molecule has 2 aliphatic heterocycles. The number of likely N-dealkylation sites (tertiary alicyclic amines) is 1. The first kappa shape index (κ1) is 19.2. The molecule has 0 atom stereocenters. The van der Waals surface area contributed by atoms with Gasteiger partial charge in [-0.2, -0.15) is 5.26 Å². The lowest BCUT2D eigenvalue weighted by Crippen LogP contribution is -2.60. The lowest BCUT2D eigenvalue weighted by atomic mass is 9.79. The lowest BCUT2D eigenvalue weighted by molar-refractivity contribution is -0.0266. The number of anilines is 1. The summed E-state index contributed by atoms with van der Waals surface area (Å²) in [7, 11) is 0. The fraction of sp³-hybridized carbons (Fsp3) is 0.476. The number of benzene rings is 1. The van der Waals surface area contributed by atoms with E-state index in [0.29, 0.717) is 18.7 Å². The number of aromatic nitrogens is 1. The molecule has 1 aromatic carbocycles. The molecule has 146 valence electrons. The van der Waals surface area contributed by atoms with Crippen molar-refractivity contribution in [3.8, 4) is 6.07 Å². The molecule has 2 fully saturated rings. The van der Waals surface area contributed by atoms with Crippen LogP contribution in [0.4, 0.5) is 10.6 Å². The number of nitrogens with zero attached hydrogens (tertiary/aromatic N) is 4. The van der Waals surface area contributed by atoms with Crippen molar-refractivity contribution in [1.82, 2.24) is 9.88 Å². The largest absolute Gasteiger partial charge is 0.444 e. The first-order chi connectivity index (χ1) is 13.2. The van der Waals surface area contributed by atoms with Gasteiger partial charge in [0.05, 0.1) is 5.52 Å². The molecule has 0 saturated carbocycles. The summed E-state index contributed by atoms with van der Waals surface area (Å²) in [4.78, 5) is 21.0. The molecule has 2 aliphatic rings. The second kappa shape index (κ2) is 6.76. The van der Waals surface area contributed by atoms with E-state index in [1.54, 1.807) is 4.90 Å². The highest BCUT2D eigenvalue weighted by molar-refractivity contribution is 14.1. The highest BCUT2D eigenvalue weighted by Gasteiger charge is 2.50. The van der Waals surface area contributed by atoms with Crippen LogP contribution in [-0.4, -0.2) is 47.8 Å². The van der Waals surface area contributed by atoms with Crippen molar-refractivity contribution in [1.29, 1.82) is 5.26 Å². The zero-order chi connectivity index (χ0) is 20.1. The summed E-state index contributed by atoms with van der Waals surface area (Å²) in [6.45, 7) is 8.70. The SMILES string of the molecule is CC(C)(C)OC(=O)N1CC2(CCN(c3nc4ccccc4c(I)c3C#N)C2)C1. The fourth-order valence-corrected chi connectivity index (χ4v) is 4.90. The summed E-state index contributed by atoms with van der Waals surface area (Å²) in [5.74, 6) is 0.762. The average Bonchev–Trinajstić information content (AvgIpc) is 3.04. The highest BCUT2D eigenvalue weighted by atomic mass is 127. The van der Waals surface area contributed by atoms with Gasteiger partial charge >= 0.3 is 6.09 Å². The van der Waals surface area contributed by atoms with Gasteiger partial charge in [-0.1, -0.05) is 18.2 Å². The minimum absolute atomic E-state index is 0.0718. The van der Waals surface area contributed by atoms with Crippen LogP contribution in [0.1, 0.15) is 32.8 Å². The fourth-order valence-electron chi connectivity index (χ4n) is 4.08. The third kappa shape index (κ3) is 3.39. The lowest BCUT2D eigenvalue weighted by Gasteiger charge is -2.47. The quantitative estimate of drug-likeness (QED) is 0.562. The van der Waals surface area contributed by atoms with E-state index >= 15 is 0 Å². The van der Waals surface area contributed by atoms with Crippen LogP contribution in [0, 0.1) is 20.3 Å². The van der Waals surface area contributed by atoms with Crippen LogP contribution in [-0.2, 0) is 4.74 Å². The smallest absolute Gasteiger partial charge is 0.410 e. The summed E-state index contributed by atoms with van der Waals surface area (Å²) in [6.07, 6.45) is 0.745. The summed E-state index contributed by atoms with van der Waals surface area (Å²) in [5.41, 5.74) is 1.14. The van der Waals surface area contributed by atoms with Gasteiger partial charge in [-0.15, -0.1) is 0 Å². The molecule has 0 bridgehead atoms. The van der Waals surface area contributed by atoms with Gasteiger partial charge in [0.2, 0.25) is 0 Å². The molecule has 28 heavy (non-hydrogen) atoms. The predicted octanol–water partition coefficient (Wildman–Crippen LogP) is 4.16. The highest BCUT2D eigenvalue weighted by Crippen LogP contribution is 2.42. The van der Waals surface area contributed by atoms with Crippen LogP contribution in [0.15, 0.2) is 24.3 Å². The molecule has 1 spiro atoms. The Hall–Kier alpha value is -2.08. The molecule has 7 heteroatoms. The van der Waals surface area contributed by atoms with Crippen molar-refractivity contribution in [2.24, 2.45) is 5.41 Å². The van der Waals surface area contributed by atoms with E-state index in [-0.39, 0.29) is 11.5 Å². The topological polar surface area (TPSA) is 69.5 Å². The number of hydrogen-bond donors (Lipinski definition) is 0. The number of carbonyl (C=O) groups excluding carboxylic acids is 1. The molecule has 6 nitrogen and oxygen atoms in total.